The second-order valence-corrected chi connectivity index (χ2v) is 8.78. The van der Waals surface area contributed by atoms with Gasteiger partial charge in [0.05, 0.1) is 33.5 Å². The minimum Gasteiger partial charge on any atom is -0.493 e. The molecular formula is C26H29N3O5. The van der Waals surface area contributed by atoms with Crippen molar-refractivity contribution in [1.29, 1.82) is 0 Å². The average Bonchev–Trinajstić information content (AvgIpc) is 2.87. The molecule has 0 radical (unpaired) electrons. The molecule has 3 heterocycles. The van der Waals surface area contributed by atoms with Crippen LogP contribution in [-0.2, 0) is 11.2 Å². The lowest BCUT2D eigenvalue weighted by Gasteiger charge is -2.41. The Hall–Kier alpha value is -3.52. The molecule has 0 spiro atoms. The zero-order chi connectivity index (χ0) is 23.8. The number of aryl methyl sites for hydroxylation is 1. The first-order valence-electron chi connectivity index (χ1n) is 11.5. The van der Waals surface area contributed by atoms with E-state index in [1.807, 2.05) is 53.1 Å². The number of carbonyl (C=O) groups is 1. The summed E-state index contributed by atoms with van der Waals surface area (Å²) in [6.45, 7) is 4.62. The van der Waals surface area contributed by atoms with Crippen LogP contribution in [0.1, 0.15) is 28.3 Å². The van der Waals surface area contributed by atoms with E-state index in [2.05, 4.69) is 4.98 Å². The molecule has 1 fully saturated rings. The first-order chi connectivity index (χ1) is 16.5. The molecule has 0 unspecified atom stereocenters. The molecule has 178 valence electrons. The number of amides is 2. The third kappa shape index (κ3) is 3.88. The zero-order valence-corrected chi connectivity index (χ0v) is 19.7. The van der Waals surface area contributed by atoms with Crippen LogP contribution in [0.2, 0.25) is 0 Å². The van der Waals surface area contributed by atoms with E-state index in [0.717, 1.165) is 27.6 Å². The highest BCUT2D eigenvalue weighted by Gasteiger charge is 2.37. The lowest BCUT2D eigenvalue weighted by molar-refractivity contribution is 0.0399. The van der Waals surface area contributed by atoms with Gasteiger partial charge in [-0.05, 0) is 60.2 Å². The predicted octanol–water partition coefficient (Wildman–Crippen LogP) is 3.25. The molecule has 2 aromatic carbocycles. The minimum absolute atomic E-state index is 0.0857. The van der Waals surface area contributed by atoms with Gasteiger partial charge in [0.1, 0.15) is 0 Å². The van der Waals surface area contributed by atoms with Gasteiger partial charge in [-0.3, -0.25) is 4.79 Å². The topological polar surface area (TPSA) is 84.1 Å². The number of pyridine rings is 1. The number of benzene rings is 2. The highest BCUT2D eigenvalue weighted by Crippen LogP contribution is 2.41. The number of carbonyl (C=O) groups excluding carboxylic acids is 1. The van der Waals surface area contributed by atoms with Crippen molar-refractivity contribution in [3.05, 3.63) is 69.0 Å². The Morgan fingerprint density at radius 2 is 1.74 bits per heavy atom. The fraction of sp³-hybridized carbons (Fsp3) is 0.385. The highest BCUT2D eigenvalue weighted by atomic mass is 16.5. The van der Waals surface area contributed by atoms with E-state index in [0.29, 0.717) is 56.3 Å². The van der Waals surface area contributed by atoms with Crippen molar-refractivity contribution < 1.29 is 19.0 Å². The van der Waals surface area contributed by atoms with Gasteiger partial charge in [0.2, 0.25) is 0 Å². The molecule has 1 atom stereocenters. The lowest BCUT2D eigenvalue weighted by Crippen LogP contribution is -2.52. The number of rotatable bonds is 3. The molecule has 2 aliphatic rings. The quantitative estimate of drug-likeness (QED) is 0.645. The molecule has 8 nitrogen and oxygen atoms in total. The number of aromatic nitrogens is 1. The Bertz CT molecular complexity index is 1300. The monoisotopic (exact) mass is 463 g/mol. The highest BCUT2D eigenvalue weighted by molar-refractivity contribution is 5.81. The molecule has 0 aliphatic carbocycles. The van der Waals surface area contributed by atoms with E-state index >= 15 is 0 Å². The average molecular weight is 464 g/mol. The molecule has 1 saturated heterocycles. The van der Waals surface area contributed by atoms with Gasteiger partial charge in [0.15, 0.2) is 11.5 Å². The summed E-state index contributed by atoms with van der Waals surface area (Å²) in [5, 5.41) is 0.931. The molecule has 0 saturated carbocycles. The first kappa shape index (κ1) is 22.3. The van der Waals surface area contributed by atoms with Gasteiger partial charge in [0.25, 0.3) is 5.56 Å². The molecule has 2 amide bonds. The van der Waals surface area contributed by atoms with Crippen molar-refractivity contribution in [2.45, 2.75) is 19.4 Å². The van der Waals surface area contributed by atoms with Gasteiger partial charge in [0, 0.05) is 30.7 Å². The van der Waals surface area contributed by atoms with Gasteiger partial charge in [-0.15, -0.1) is 0 Å². The van der Waals surface area contributed by atoms with Crippen LogP contribution < -0.4 is 15.0 Å². The SMILES string of the molecule is COc1cc2c(cc1OC)[C@@H](c1cc3cc(C)ccc3[nH]c1=O)N(C(=O)N1CCOCC1)CC2. The zero-order valence-electron chi connectivity index (χ0n) is 19.7. The second kappa shape index (κ2) is 9.02. The van der Waals surface area contributed by atoms with Crippen molar-refractivity contribution >= 4 is 16.9 Å². The minimum atomic E-state index is -0.549. The number of nitrogens with one attached hydrogen (secondary N) is 1. The Kier molecular flexibility index (Phi) is 5.91. The smallest absolute Gasteiger partial charge is 0.320 e. The number of ether oxygens (including phenoxy) is 3. The number of H-pyrrole nitrogens is 1. The van der Waals surface area contributed by atoms with Crippen LogP contribution in [-0.4, -0.2) is 67.9 Å². The van der Waals surface area contributed by atoms with Gasteiger partial charge in [-0.1, -0.05) is 11.6 Å². The van der Waals surface area contributed by atoms with Crippen LogP contribution in [0.5, 0.6) is 11.5 Å². The van der Waals surface area contributed by atoms with Gasteiger partial charge in [-0.2, -0.15) is 0 Å². The molecule has 0 bridgehead atoms. The first-order valence-corrected chi connectivity index (χ1v) is 11.5. The van der Waals surface area contributed by atoms with Gasteiger partial charge >= 0.3 is 6.03 Å². The summed E-state index contributed by atoms with van der Waals surface area (Å²) in [4.78, 5) is 33.7. The Morgan fingerprint density at radius 1 is 1.00 bits per heavy atom. The molecule has 2 aliphatic heterocycles. The molecule has 34 heavy (non-hydrogen) atoms. The Labute approximate surface area is 198 Å². The van der Waals surface area contributed by atoms with Gasteiger partial charge in [-0.25, -0.2) is 4.79 Å². The molecule has 5 rings (SSSR count). The maximum absolute atomic E-state index is 13.7. The number of hydrogen-bond donors (Lipinski definition) is 1. The van der Waals surface area contributed by atoms with Crippen LogP contribution in [0.4, 0.5) is 4.79 Å². The molecular weight excluding hydrogens is 434 g/mol. The fourth-order valence-corrected chi connectivity index (χ4v) is 4.97. The summed E-state index contributed by atoms with van der Waals surface area (Å²) in [5.41, 5.74) is 4.12. The van der Waals surface area contributed by atoms with Crippen molar-refractivity contribution in [3.8, 4) is 11.5 Å². The van der Waals surface area contributed by atoms with Crippen LogP contribution in [0.15, 0.2) is 41.2 Å². The summed E-state index contributed by atoms with van der Waals surface area (Å²) >= 11 is 0. The summed E-state index contributed by atoms with van der Waals surface area (Å²) in [7, 11) is 3.19. The number of urea groups is 1. The van der Waals surface area contributed by atoms with Crippen LogP contribution in [0, 0.1) is 6.92 Å². The third-order valence-electron chi connectivity index (χ3n) is 6.72. The normalized spacial score (nSPS) is 18.0. The van der Waals surface area contributed by atoms with Crippen LogP contribution in [0.25, 0.3) is 10.9 Å². The predicted molar refractivity (Wildman–Crippen MR) is 129 cm³/mol. The largest absolute Gasteiger partial charge is 0.493 e. The standard InChI is InChI=1S/C26H29N3O5/c1-16-4-5-21-18(12-16)13-20(25(30)27-21)24-19-15-23(33-3)22(32-2)14-17(19)6-7-29(24)26(31)28-8-10-34-11-9-28/h4-5,12-15,24H,6-11H2,1-3H3,(H,27,30)/t24-/m0/s1. The van der Waals surface area contributed by atoms with Gasteiger partial charge < -0.3 is 29.0 Å². The summed E-state index contributed by atoms with van der Waals surface area (Å²) in [6.07, 6.45) is 0.660. The number of morpholine rings is 1. The van der Waals surface area contributed by atoms with Crippen molar-refractivity contribution in [2.24, 2.45) is 0 Å². The summed E-state index contributed by atoms with van der Waals surface area (Å²) < 4.78 is 16.5. The van der Waals surface area contributed by atoms with E-state index in [9.17, 15) is 9.59 Å². The van der Waals surface area contributed by atoms with E-state index in [4.69, 9.17) is 14.2 Å². The van der Waals surface area contributed by atoms with E-state index in [1.165, 1.54) is 0 Å². The second-order valence-electron chi connectivity index (χ2n) is 8.78. The molecule has 8 heteroatoms. The number of nitrogens with zero attached hydrogens (tertiary/aromatic N) is 2. The molecule has 1 N–H and O–H groups in total. The number of fused-ring (bicyclic) bond motifs is 2. The number of hydrogen-bond acceptors (Lipinski definition) is 5. The summed E-state index contributed by atoms with van der Waals surface area (Å²) in [5.74, 6) is 1.20. The fourth-order valence-electron chi connectivity index (χ4n) is 4.97. The third-order valence-corrected chi connectivity index (χ3v) is 6.72. The van der Waals surface area contributed by atoms with Crippen molar-refractivity contribution in [1.82, 2.24) is 14.8 Å². The molecule has 3 aromatic rings. The maximum atomic E-state index is 13.7. The lowest BCUT2D eigenvalue weighted by atomic mass is 9.87. The summed E-state index contributed by atoms with van der Waals surface area (Å²) in [6, 6.07) is 11.1. The number of methoxy groups -OCH3 is 2. The van der Waals surface area contributed by atoms with Crippen molar-refractivity contribution in [3.63, 3.8) is 0 Å². The van der Waals surface area contributed by atoms with E-state index in [-0.39, 0.29) is 11.6 Å². The molecule has 1 aromatic heterocycles. The Balaban J connectivity index is 1.69. The van der Waals surface area contributed by atoms with E-state index < -0.39 is 6.04 Å². The van der Waals surface area contributed by atoms with Crippen molar-refractivity contribution in [2.75, 3.05) is 47.1 Å². The maximum Gasteiger partial charge on any atom is 0.320 e. The van der Waals surface area contributed by atoms with Crippen LogP contribution >= 0.6 is 0 Å². The van der Waals surface area contributed by atoms with Crippen LogP contribution in [0.3, 0.4) is 0 Å². The number of aromatic amines is 1. The van der Waals surface area contributed by atoms with E-state index in [1.54, 1.807) is 14.2 Å². The Morgan fingerprint density at radius 3 is 2.47 bits per heavy atom.